The highest BCUT2D eigenvalue weighted by atomic mass is 19.4. The van der Waals surface area contributed by atoms with Gasteiger partial charge in [-0.2, -0.15) is 13.2 Å². The molecule has 1 aromatic heterocycles. The minimum Gasteiger partial charge on any atom is -0.297 e. The summed E-state index contributed by atoms with van der Waals surface area (Å²) in [6.07, 6.45) is -2.06. The number of nitrogens with one attached hydrogen (secondary N) is 1. The number of halogens is 3. The van der Waals surface area contributed by atoms with E-state index in [9.17, 15) is 13.2 Å². The van der Waals surface area contributed by atoms with Crippen molar-refractivity contribution in [2.75, 3.05) is 13.1 Å². The maximum Gasteiger partial charge on any atom is 0.416 e. The number of alkyl halides is 3. The minimum absolute atomic E-state index is 0.0596. The predicted molar refractivity (Wildman–Crippen MR) is 76.3 cm³/mol. The van der Waals surface area contributed by atoms with Gasteiger partial charge in [0, 0.05) is 23.5 Å². The number of pyridine rings is 1. The zero-order valence-corrected chi connectivity index (χ0v) is 12.8. The lowest BCUT2D eigenvalue weighted by Crippen LogP contribution is -2.54. The molecule has 0 fully saturated rings. The quantitative estimate of drug-likeness (QED) is 0.627. The number of rotatable bonds is 6. The van der Waals surface area contributed by atoms with Gasteiger partial charge in [0.05, 0.1) is 11.6 Å². The predicted octanol–water partition coefficient (Wildman–Crippen LogP) is 2.73. The van der Waals surface area contributed by atoms with E-state index >= 15 is 0 Å². The van der Waals surface area contributed by atoms with Gasteiger partial charge >= 0.3 is 6.18 Å². The number of likely N-dealkylation sites (N-methyl/N-ethyl adjacent to an activating group) is 1. The van der Waals surface area contributed by atoms with E-state index < -0.39 is 23.3 Å². The van der Waals surface area contributed by atoms with E-state index in [1.165, 1.54) is 6.20 Å². The average Bonchev–Trinajstić information content (AvgIpc) is 2.39. The minimum atomic E-state index is -4.44. The van der Waals surface area contributed by atoms with Crippen LogP contribution in [0.3, 0.4) is 0 Å². The molecule has 1 heterocycles. The third-order valence-electron chi connectivity index (χ3n) is 3.92. The van der Waals surface area contributed by atoms with Gasteiger partial charge in [-0.1, -0.05) is 13.8 Å². The summed E-state index contributed by atoms with van der Waals surface area (Å²) in [5.74, 6) is 5.58. The molecule has 0 spiro atoms. The average molecular weight is 304 g/mol. The van der Waals surface area contributed by atoms with Crippen LogP contribution in [0.4, 0.5) is 13.2 Å². The Morgan fingerprint density at radius 3 is 2.29 bits per heavy atom. The standard InChI is InChI=1S/C14H23F3N4/c1-5-21(6-2)13(3,4)12(20-18)10-9-19-8-7-11(10)14(15,16)17/h7-9,12,20H,5-6,18H2,1-4H3. The Bertz CT molecular complexity index is 456. The summed E-state index contributed by atoms with van der Waals surface area (Å²) in [6.45, 7) is 9.10. The highest BCUT2D eigenvalue weighted by Crippen LogP contribution is 2.38. The summed E-state index contributed by atoms with van der Waals surface area (Å²) >= 11 is 0. The molecule has 1 unspecified atom stereocenters. The zero-order valence-electron chi connectivity index (χ0n) is 12.8. The summed E-state index contributed by atoms with van der Waals surface area (Å²) in [6, 6.07) is 0.292. The second kappa shape index (κ2) is 6.72. The normalized spacial score (nSPS) is 14.5. The summed E-state index contributed by atoms with van der Waals surface area (Å²) < 4.78 is 39.6. The van der Waals surface area contributed by atoms with E-state index in [1.807, 2.05) is 27.7 Å². The summed E-state index contributed by atoms with van der Waals surface area (Å²) in [5.41, 5.74) is 1.29. The van der Waals surface area contributed by atoms with Crippen LogP contribution in [0.5, 0.6) is 0 Å². The van der Waals surface area contributed by atoms with Crippen LogP contribution in [0.25, 0.3) is 0 Å². The van der Waals surface area contributed by atoms with E-state index in [2.05, 4.69) is 15.3 Å². The molecule has 0 radical (unpaired) electrons. The largest absolute Gasteiger partial charge is 0.416 e. The smallest absolute Gasteiger partial charge is 0.297 e. The van der Waals surface area contributed by atoms with Gasteiger partial charge in [0.15, 0.2) is 0 Å². The molecule has 7 heteroatoms. The molecule has 0 aliphatic rings. The Balaban J connectivity index is 3.35. The number of hydrazine groups is 1. The monoisotopic (exact) mass is 304 g/mol. The topological polar surface area (TPSA) is 54.2 Å². The number of hydrogen-bond donors (Lipinski definition) is 2. The molecule has 0 aliphatic heterocycles. The molecule has 0 bridgehead atoms. The summed E-state index contributed by atoms with van der Waals surface area (Å²) in [7, 11) is 0. The van der Waals surface area contributed by atoms with Crippen molar-refractivity contribution in [3.63, 3.8) is 0 Å². The first-order valence-corrected chi connectivity index (χ1v) is 6.92. The SMILES string of the molecule is CCN(CC)C(C)(C)C(NN)c1cnccc1C(F)(F)F. The van der Waals surface area contributed by atoms with Gasteiger partial charge in [-0.15, -0.1) is 0 Å². The fraction of sp³-hybridized carbons (Fsp3) is 0.643. The van der Waals surface area contributed by atoms with Crippen LogP contribution in [-0.4, -0.2) is 28.5 Å². The van der Waals surface area contributed by atoms with Gasteiger partial charge in [-0.05, 0) is 33.0 Å². The zero-order chi connectivity index (χ0) is 16.3. The van der Waals surface area contributed by atoms with E-state index in [0.717, 1.165) is 12.3 Å². The molecular formula is C14H23F3N4. The molecule has 0 aliphatic carbocycles. The van der Waals surface area contributed by atoms with Crippen molar-refractivity contribution < 1.29 is 13.2 Å². The molecule has 120 valence electrons. The molecule has 1 rings (SSSR count). The van der Waals surface area contributed by atoms with E-state index in [4.69, 9.17) is 5.84 Å². The number of aromatic nitrogens is 1. The molecule has 0 saturated carbocycles. The van der Waals surface area contributed by atoms with Crippen molar-refractivity contribution in [2.45, 2.75) is 45.5 Å². The molecule has 21 heavy (non-hydrogen) atoms. The molecule has 3 N–H and O–H groups in total. The highest BCUT2D eigenvalue weighted by Gasteiger charge is 2.41. The van der Waals surface area contributed by atoms with Crippen molar-refractivity contribution >= 4 is 0 Å². The van der Waals surface area contributed by atoms with Gasteiger partial charge in [0.1, 0.15) is 0 Å². The van der Waals surface area contributed by atoms with Gasteiger partial charge in [-0.25, -0.2) is 0 Å². The van der Waals surface area contributed by atoms with E-state index in [0.29, 0.717) is 13.1 Å². The van der Waals surface area contributed by atoms with Gasteiger partial charge in [0.25, 0.3) is 0 Å². The number of nitrogens with two attached hydrogens (primary N) is 1. The molecule has 1 atom stereocenters. The Morgan fingerprint density at radius 2 is 1.86 bits per heavy atom. The van der Waals surface area contributed by atoms with Crippen LogP contribution in [0.15, 0.2) is 18.5 Å². The second-order valence-corrected chi connectivity index (χ2v) is 5.39. The second-order valence-electron chi connectivity index (χ2n) is 5.39. The Hall–Kier alpha value is -1.18. The van der Waals surface area contributed by atoms with Gasteiger partial charge in [0.2, 0.25) is 0 Å². The van der Waals surface area contributed by atoms with Crippen LogP contribution in [-0.2, 0) is 6.18 Å². The number of nitrogens with zero attached hydrogens (tertiary/aromatic N) is 2. The third-order valence-corrected chi connectivity index (χ3v) is 3.92. The molecule has 4 nitrogen and oxygen atoms in total. The maximum atomic E-state index is 13.2. The van der Waals surface area contributed by atoms with Crippen LogP contribution in [0, 0.1) is 0 Å². The summed E-state index contributed by atoms with van der Waals surface area (Å²) in [4.78, 5) is 5.90. The van der Waals surface area contributed by atoms with Crippen LogP contribution in [0.2, 0.25) is 0 Å². The van der Waals surface area contributed by atoms with E-state index in [1.54, 1.807) is 0 Å². The van der Waals surface area contributed by atoms with E-state index in [-0.39, 0.29) is 5.56 Å². The van der Waals surface area contributed by atoms with Crippen LogP contribution >= 0.6 is 0 Å². The highest BCUT2D eigenvalue weighted by molar-refractivity contribution is 5.31. The summed E-state index contributed by atoms with van der Waals surface area (Å²) in [5, 5.41) is 0. The lowest BCUT2D eigenvalue weighted by Gasteiger charge is -2.43. The fourth-order valence-corrected chi connectivity index (χ4v) is 2.79. The van der Waals surface area contributed by atoms with Crippen molar-refractivity contribution in [3.05, 3.63) is 29.6 Å². The Labute approximate surface area is 123 Å². The molecule has 0 amide bonds. The lowest BCUT2D eigenvalue weighted by molar-refractivity contribution is -0.138. The van der Waals surface area contributed by atoms with Crippen LogP contribution < -0.4 is 11.3 Å². The number of hydrogen-bond acceptors (Lipinski definition) is 4. The molecular weight excluding hydrogens is 281 g/mol. The maximum absolute atomic E-state index is 13.2. The van der Waals surface area contributed by atoms with Crippen molar-refractivity contribution in [3.8, 4) is 0 Å². The van der Waals surface area contributed by atoms with Crippen molar-refractivity contribution in [1.29, 1.82) is 0 Å². The van der Waals surface area contributed by atoms with Crippen LogP contribution in [0.1, 0.15) is 44.9 Å². The van der Waals surface area contributed by atoms with Crippen molar-refractivity contribution in [1.82, 2.24) is 15.3 Å². The molecule has 0 aromatic carbocycles. The first kappa shape index (κ1) is 17.9. The fourth-order valence-electron chi connectivity index (χ4n) is 2.79. The first-order valence-electron chi connectivity index (χ1n) is 6.92. The lowest BCUT2D eigenvalue weighted by atomic mass is 9.85. The molecule has 0 saturated heterocycles. The molecule has 1 aromatic rings. The third kappa shape index (κ3) is 3.72. The van der Waals surface area contributed by atoms with Gasteiger partial charge in [-0.3, -0.25) is 21.2 Å². The Kier molecular flexibility index (Phi) is 5.72. The first-order chi connectivity index (χ1) is 9.70. The Morgan fingerprint density at radius 1 is 1.29 bits per heavy atom. The van der Waals surface area contributed by atoms with Crippen molar-refractivity contribution in [2.24, 2.45) is 5.84 Å². The van der Waals surface area contributed by atoms with Gasteiger partial charge < -0.3 is 0 Å².